The highest BCUT2D eigenvalue weighted by Crippen LogP contribution is 2.35. The van der Waals surface area contributed by atoms with Crippen LogP contribution in [0.1, 0.15) is 37.4 Å². The van der Waals surface area contributed by atoms with Gasteiger partial charge in [-0.3, -0.25) is 9.59 Å². The molecule has 0 atom stereocenters. The lowest BCUT2D eigenvalue weighted by Gasteiger charge is -2.21. The number of carbonyl (C=O) groups is 2. The molecule has 3 N–H and O–H groups in total. The average molecular weight is 328 g/mol. The number of nitrogens with two attached hydrogens (primary N) is 1. The van der Waals surface area contributed by atoms with E-state index in [0.717, 1.165) is 11.3 Å². The van der Waals surface area contributed by atoms with Crippen molar-refractivity contribution >= 4 is 28.6 Å². The third-order valence-corrected chi connectivity index (χ3v) is 4.44. The van der Waals surface area contributed by atoms with E-state index < -0.39 is 0 Å². The van der Waals surface area contributed by atoms with E-state index in [-0.39, 0.29) is 11.6 Å². The van der Waals surface area contributed by atoms with Crippen molar-refractivity contribution in [2.75, 3.05) is 11.1 Å². The van der Waals surface area contributed by atoms with Crippen molar-refractivity contribution in [3.8, 4) is 0 Å². The Morgan fingerprint density at radius 2 is 1.36 bits per heavy atom. The summed E-state index contributed by atoms with van der Waals surface area (Å²) in [5.41, 5.74) is 10.3. The first kappa shape index (κ1) is 15.1. The van der Waals surface area contributed by atoms with Crippen molar-refractivity contribution in [3.05, 3.63) is 88.5 Å². The molecule has 0 saturated heterocycles. The van der Waals surface area contributed by atoms with Crippen LogP contribution in [-0.2, 0) is 0 Å². The lowest BCUT2D eigenvalue weighted by Crippen LogP contribution is -2.23. The molecule has 0 bridgehead atoms. The normalized spacial score (nSPS) is 12.5. The maximum absolute atomic E-state index is 13.0. The second-order valence-electron chi connectivity index (χ2n) is 6.15. The molecule has 4 nitrogen and oxygen atoms in total. The Balaban J connectivity index is 1.85. The van der Waals surface area contributed by atoms with Gasteiger partial charge in [0.15, 0.2) is 11.6 Å². The Kier molecular flexibility index (Phi) is 3.39. The van der Waals surface area contributed by atoms with Gasteiger partial charge in [0.1, 0.15) is 0 Å². The predicted molar refractivity (Wildman–Crippen MR) is 98.6 cm³/mol. The number of benzene rings is 3. The van der Waals surface area contributed by atoms with Gasteiger partial charge < -0.3 is 11.1 Å². The molecule has 122 valence electrons. The molecular weight excluding hydrogens is 312 g/mol. The minimum Gasteiger partial charge on any atom is -0.398 e. The second-order valence-corrected chi connectivity index (χ2v) is 6.15. The maximum Gasteiger partial charge on any atom is 0.196 e. The van der Waals surface area contributed by atoms with E-state index in [2.05, 4.69) is 5.32 Å². The van der Waals surface area contributed by atoms with E-state index in [4.69, 9.17) is 5.73 Å². The first-order valence-corrected chi connectivity index (χ1v) is 8.01. The number of hydrogen-bond acceptors (Lipinski definition) is 4. The summed E-state index contributed by atoms with van der Waals surface area (Å²) in [6, 6.07) is 18.1. The standard InChI is InChI=1S/C21H16N2O2/c1-12-8-10-13(11-9-12)23-17-7-3-5-15-19(17)21(25)14-4-2-6-16(22)18(14)20(15)24/h2-11,23H,22H2,1H3. The molecule has 1 aliphatic rings. The van der Waals surface area contributed by atoms with Gasteiger partial charge >= 0.3 is 0 Å². The molecule has 0 heterocycles. The number of hydrogen-bond donors (Lipinski definition) is 2. The van der Waals surface area contributed by atoms with Crippen LogP contribution in [0.5, 0.6) is 0 Å². The molecule has 25 heavy (non-hydrogen) atoms. The van der Waals surface area contributed by atoms with Gasteiger partial charge in [-0.15, -0.1) is 0 Å². The number of rotatable bonds is 2. The van der Waals surface area contributed by atoms with Gasteiger partial charge in [0.25, 0.3) is 0 Å². The van der Waals surface area contributed by atoms with Gasteiger partial charge in [0, 0.05) is 22.5 Å². The van der Waals surface area contributed by atoms with Crippen LogP contribution in [0, 0.1) is 6.92 Å². The van der Waals surface area contributed by atoms with Crippen molar-refractivity contribution in [2.24, 2.45) is 0 Å². The summed E-state index contributed by atoms with van der Waals surface area (Å²) in [5, 5.41) is 3.25. The van der Waals surface area contributed by atoms with Crippen LogP contribution in [0.3, 0.4) is 0 Å². The van der Waals surface area contributed by atoms with E-state index >= 15 is 0 Å². The van der Waals surface area contributed by atoms with E-state index in [1.54, 1.807) is 36.4 Å². The fraction of sp³-hybridized carbons (Fsp3) is 0.0476. The van der Waals surface area contributed by atoms with Crippen LogP contribution in [0.4, 0.5) is 17.1 Å². The molecular formula is C21H16N2O2. The Morgan fingerprint density at radius 1 is 0.760 bits per heavy atom. The minimum atomic E-state index is -0.213. The highest BCUT2D eigenvalue weighted by Gasteiger charge is 2.32. The summed E-state index contributed by atoms with van der Waals surface area (Å²) in [4.78, 5) is 25.9. The van der Waals surface area contributed by atoms with Crippen molar-refractivity contribution in [1.29, 1.82) is 0 Å². The third-order valence-electron chi connectivity index (χ3n) is 4.44. The van der Waals surface area contributed by atoms with Gasteiger partial charge in [0.05, 0.1) is 16.8 Å². The van der Waals surface area contributed by atoms with Crippen molar-refractivity contribution in [1.82, 2.24) is 0 Å². The summed E-state index contributed by atoms with van der Waals surface area (Å²) in [5.74, 6) is -0.401. The Labute approximate surface area is 145 Å². The second kappa shape index (κ2) is 5.60. The predicted octanol–water partition coefficient (Wildman–Crippen LogP) is 4.10. The highest BCUT2D eigenvalue weighted by molar-refractivity contribution is 6.31. The topological polar surface area (TPSA) is 72.2 Å². The summed E-state index contributed by atoms with van der Waals surface area (Å²) < 4.78 is 0. The molecule has 0 aromatic heterocycles. The SMILES string of the molecule is Cc1ccc(Nc2cccc3c2C(=O)c2cccc(N)c2C3=O)cc1. The van der Waals surface area contributed by atoms with E-state index in [1.807, 2.05) is 31.2 Å². The van der Waals surface area contributed by atoms with E-state index in [9.17, 15) is 9.59 Å². The number of nitrogen functional groups attached to an aromatic ring is 1. The van der Waals surface area contributed by atoms with Gasteiger partial charge in [-0.2, -0.15) is 0 Å². The molecule has 0 saturated carbocycles. The van der Waals surface area contributed by atoms with Gasteiger partial charge in [0.2, 0.25) is 0 Å². The first-order chi connectivity index (χ1) is 12.1. The fourth-order valence-electron chi connectivity index (χ4n) is 3.16. The molecule has 0 spiro atoms. The van der Waals surface area contributed by atoms with Crippen molar-refractivity contribution < 1.29 is 9.59 Å². The molecule has 0 fully saturated rings. The number of anilines is 3. The first-order valence-electron chi connectivity index (χ1n) is 8.01. The van der Waals surface area contributed by atoms with E-state index in [0.29, 0.717) is 33.6 Å². The largest absolute Gasteiger partial charge is 0.398 e. The summed E-state index contributed by atoms with van der Waals surface area (Å²) in [6.45, 7) is 2.01. The number of aryl methyl sites for hydroxylation is 1. The fourth-order valence-corrected chi connectivity index (χ4v) is 3.16. The Bertz CT molecular complexity index is 1020. The zero-order chi connectivity index (χ0) is 17.6. The molecule has 0 aliphatic heterocycles. The molecule has 3 aromatic rings. The van der Waals surface area contributed by atoms with Crippen LogP contribution in [0.15, 0.2) is 60.7 Å². The Morgan fingerprint density at radius 3 is 2.08 bits per heavy atom. The van der Waals surface area contributed by atoms with Gasteiger partial charge in [-0.25, -0.2) is 0 Å². The monoisotopic (exact) mass is 328 g/mol. The average Bonchev–Trinajstić information content (AvgIpc) is 2.61. The molecule has 3 aromatic carbocycles. The molecule has 0 radical (unpaired) electrons. The quantitative estimate of drug-likeness (QED) is 0.544. The van der Waals surface area contributed by atoms with Crippen LogP contribution >= 0.6 is 0 Å². The third kappa shape index (κ3) is 2.39. The molecule has 4 rings (SSSR count). The minimum absolute atomic E-state index is 0.188. The highest BCUT2D eigenvalue weighted by atomic mass is 16.1. The smallest absolute Gasteiger partial charge is 0.196 e. The number of nitrogens with one attached hydrogen (secondary N) is 1. The number of fused-ring (bicyclic) bond motifs is 2. The van der Waals surface area contributed by atoms with Gasteiger partial charge in [-0.05, 0) is 31.2 Å². The van der Waals surface area contributed by atoms with Crippen LogP contribution in [-0.4, -0.2) is 11.6 Å². The summed E-state index contributed by atoms with van der Waals surface area (Å²) >= 11 is 0. The van der Waals surface area contributed by atoms with Crippen molar-refractivity contribution in [2.45, 2.75) is 6.92 Å². The Hall–Kier alpha value is -3.40. The lowest BCUT2D eigenvalue weighted by molar-refractivity contribution is 0.0980. The van der Waals surface area contributed by atoms with Gasteiger partial charge in [-0.1, -0.05) is 42.0 Å². The zero-order valence-electron chi connectivity index (χ0n) is 13.7. The summed E-state index contributed by atoms with van der Waals surface area (Å²) in [6.07, 6.45) is 0. The number of ketones is 2. The summed E-state index contributed by atoms with van der Waals surface area (Å²) in [7, 11) is 0. The number of carbonyl (C=O) groups excluding carboxylic acids is 2. The van der Waals surface area contributed by atoms with Crippen LogP contribution in [0.2, 0.25) is 0 Å². The molecule has 0 amide bonds. The van der Waals surface area contributed by atoms with Crippen LogP contribution in [0.25, 0.3) is 0 Å². The molecule has 0 unspecified atom stereocenters. The molecule has 1 aliphatic carbocycles. The van der Waals surface area contributed by atoms with E-state index in [1.165, 1.54) is 0 Å². The van der Waals surface area contributed by atoms with Crippen LogP contribution < -0.4 is 11.1 Å². The lowest BCUT2D eigenvalue weighted by atomic mass is 9.82. The molecule has 4 heteroatoms. The maximum atomic E-state index is 13.0. The van der Waals surface area contributed by atoms with Crippen molar-refractivity contribution in [3.63, 3.8) is 0 Å². The zero-order valence-corrected chi connectivity index (χ0v) is 13.7.